The molecule has 1 aliphatic rings. The molecule has 0 bridgehead atoms. The number of anilines is 2. The van der Waals surface area contributed by atoms with Crippen molar-refractivity contribution in [3.05, 3.63) is 48.4 Å². The Balaban J connectivity index is 1.67. The summed E-state index contributed by atoms with van der Waals surface area (Å²) < 4.78 is 0. The fraction of sp³-hybridized carbons (Fsp3) is 0.353. The lowest BCUT2D eigenvalue weighted by Crippen LogP contribution is -2.35. The minimum absolute atomic E-state index is 0.239. The zero-order valence-corrected chi connectivity index (χ0v) is 12.7. The van der Waals surface area contributed by atoms with Gasteiger partial charge < -0.3 is 10.2 Å². The summed E-state index contributed by atoms with van der Waals surface area (Å²) in [6.07, 6.45) is 5.69. The zero-order valence-electron chi connectivity index (χ0n) is 12.7. The summed E-state index contributed by atoms with van der Waals surface area (Å²) in [6.45, 7) is 4.26. The van der Waals surface area contributed by atoms with Gasteiger partial charge in [-0.1, -0.05) is 25.1 Å². The standard InChI is InChI=1S/C17H20N4O/c1-13-6-5-9-21(12-13)16-11-18-15(10-19-16)17(22)20-14-7-3-2-4-8-14/h2-4,7-8,10-11,13H,5-6,9,12H2,1H3,(H,20,22). The average Bonchev–Trinajstić information content (AvgIpc) is 2.56. The number of amides is 1. The van der Waals surface area contributed by atoms with Crippen LogP contribution in [0.4, 0.5) is 11.5 Å². The number of piperidine rings is 1. The Hall–Kier alpha value is -2.43. The third-order valence-corrected chi connectivity index (χ3v) is 3.88. The monoisotopic (exact) mass is 296 g/mol. The van der Waals surface area contributed by atoms with Crippen molar-refractivity contribution in [3.63, 3.8) is 0 Å². The van der Waals surface area contributed by atoms with Gasteiger partial charge in [0.05, 0.1) is 12.4 Å². The molecule has 114 valence electrons. The van der Waals surface area contributed by atoms with Gasteiger partial charge in [-0.3, -0.25) is 4.79 Å². The van der Waals surface area contributed by atoms with Crippen molar-refractivity contribution in [2.24, 2.45) is 5.92 Å². The molecule has 0 saturated carbocycles. The van der Waals surface area contributed by atoms with E-state index in [2.05, 4.69) is 27.1 Å². The van der Waals surface area contributed by atoms with E-state index >= 15 is 0 Å². The summed E-state index contributed by atoms with van der Waals surface area (Å²) in [7, 11) is 0. The molecular formula is C17H20N4O. The van der Waals surface area contributed by atoms with Crippen LogP contribution in [-0.4, -0.2) is 29.0 Å². The molecule has 5 nitrogen and oxygen atoms in total. The number of nitrogens with zero attached hydrogens (tertiary/aromatic N) is 3. The first-order valence-corrected chi connectivity index (χ1v) is 7.66. The normalized spacial score (nSPS) is 18.0. The molecule has 1 N–H and O–H groups in total. The molecule has 1 amide bonds. The Kier molecular flexibility index (Phi) is 4.32. The number of aromatic nitrogens is 2. The van der Waals surface area contributed by atoms with Gasteiger partial charge in [0, 0.05) is 18.8 Å². The summed E-state index contributed by atoms with van der Waals surface area (Å²) >= 11 is 0. The highest BCUT2D eigenvalue weighted by molar-refractivity contribution is 6.02. The Morgan fingerprint density at radius 2 is 2.05 bits per heavy atom. The lowest BCUT2D eigenvalue weighted by Gasteiger charge is -2.31. The topological polar surface area (TPSA) is 58.1 Å². The van der Waals surface area contributed by atoms with Gasteiger partial charge >= 0.3 is 0 Å². The largest absolute Gasteiger partial charge is 0.355 e. The van der Waals surface area contributed by atoms with Crippen LogP contribution in [0.3, 0.4) is 0 Å². The quantitative estimate of drug-likeness (QED) is 0.946. The Morgan fingerprint density at radius 1 is 1.23 bits per heavy atom. The second-order valence-corrected chi connectivity index (χ2v) is 5.77. The summed E-state index contributed by atoms with van der Waals surface area (Å²) in [6, 6.07) is 9.34. The number of nitrogens with one attached hydrogen (secondary N) is 1. The molecule has 2 heterocycles. The average molecular weight is 296 g/mol. The van der Waals surface area contributed by atoms with Crippen molar-refractivity contribution in [2.75, 3.05) is 23.3 Å². The van der Waals surface area contributed by atoms with Crippen LogP contribution in [0.25, 0.3) is 0 Å². The number of carbonyl (C=O) groups is 1. The lowest BCUT2D eigenvalue weighted by molar-refractivity contribution is 0.102. The first kappa shape index (κ1) is 14.5. The van der Waals surface area contributed by atoms with E-state index in [1.807, 2.05) is 30.3 Å². The van der Waals surface area contributed by atoms with Crippen molar-refractivity contribution >= 4 is 17.4 Å². The molecule has 0 aliphatic carbocycles. The van der Waals surface area contributed by atoms with Crippen LogP contribution < -0.4 is 10.2 Å². The SMILES string of the molecule is CC1CCCN(c2cnc(C(=O)Nc3ccccc3)cn2)C1. The fourth-order valence-corrected chi connectivity index (χ4v) is 2.72. The molecule has 1 aromatic heterocycles. The van der Waals surface area contributed by atoms with E-state index in [4.69, 9.17) is 0 Å². The third kappa shape index (κ3) is 3.42. The molecule has 1 fully saturated rings. The lowest BCUT2D eigenvalue weighted by atomic mass is 10.0. The molecule has 1 atom stereocenters. The predicted molar refractivity (Wildman–Crippen MR) is 87.0 cm³/mol. The van der Waals surface area contributed by atoms with E-state index in [0.717, 1.165) is 24.6 Å². The summed E-state index contributed by atoms with van der Waals surface area (Å²) in [4.78, 5) is 23.0. The highest BCUT2D eigenvalue weighted by Gasteiger charge is 2.18. The van der Waals surface area contributed by atoms with Gasteiger partial charge in [0.15, 0.2) is 0 Å². The van der Waals surface area contributed by atoms with Crippen LogP contribution in [0.15, 0.2) is 42.7 Å². The van der Waals surface area contributed by atoms with Crippen LogP contribution >= 0.6 is 0 Å². The van der Waals surface area contributed by atoms with E-state index in [1.165, 1.54) is 12.8 Å². The van der Waals surface area contributed by atoms with Gasteiger partial charge in [-0.15, -0.1) is 0 Å². The van der Waals surface area contributed by atoms with Crippen molar-refractivity contribution in [1.29, 1.82) is 0 Å². The number of rotatable bonds is 3. The predicted octanol–water partition coefficient (Wildman–Crippen LogP) is 2.97. The van der Waals surface area contributed by atoms with Gasteiger partial charge in [-0.05, 0) is 30.9 Å². The minimum atomic E-state index is -0.239. The summed E-state index contributed by atoms with van der Waals surface area (Å²) in [5.41, 5.74) is 1.08. The molecule has 0 spiro atoms. The first-order chi connectivity index (χ1) is 10.7. The van der Waals surface area contributed by atoms with Crippen molar-refractivity contribution in [2.45, 2.75) is 19.8 Å². The Bertz CT molecular complexity index is 627. The molecule has 2 aromatic rings. The maximum Gasteiger partial charge on any atom is 0.275 e. The molecular weight excluding hydrogens is 276 g/mol. The number of hydrogen-bond acceptors (Lipinski definition) is 4. The maximum absolute atomic E-state index is 12.1. The summed E-state index contributed by atoms with van der Waals surface area (Å²) in [5, 5.41) is 2.81. The van der Waals surface area contributed by atoms with Gasteiger partial charge in [0.25, 0.3) is 5.91 Å². The molecule has 3 rings (SSSR count). The second kappa shape index (κ2) is 6.56. The van der Waals surface area contributed by atoms with Crippen molar-refractivity contribution in [3.8, 4) is 0 Å². The van der Waals surface area contributed by atoms with Crippen LogP contribution in [-0.2, 0) is 0 Å². The molecule has 1 unspecified atom stereocenters. The smallest absolute Gasteiger partial charge is 0.275 e. The number of hydrogen-bond donors (Lipinski definition) is 1. The number of benzene rings is 1. The van der Waals surface area contributed by atoms with Crippen molar-refractivity contribution in [1.82, 2.24) is 9.97 Å². The van der Waals surface area contributed by atoms with Gasteiger partial charge in [-0.25, -0.2) is 9.97 Å². The van der Waals surface area contributed by atoms with Gasteiger partial charge in [0.2, 0.25) is 0 Å². The van der Waals surface area contributed by atoms with Crippen LogP contribution in [0.5, 0.6) is 0 Å². The van der Waals surface area contributed by atoms with E-state index in [1.54, 1.807) is 12.4 Å². The molecule has 1 aliphatic heterocycles. The Labute approximate surface area is 130 Å². The second-order valence-electron chi connectivity index (χ2n) is 5.77. The van der Waals surface area contributed by atoms with Crippen molar-refractivity contribution < 1.29 is 4.79 Å². The van der Waals surface area contributed by atoms with E-state index in [0.29, 0.717) is 11.6 Å². The van der Waals surface area contributed by atoms with Gasteiger partial charge in [0.1, 0.15) is 11.5 Å². The van der Waals surface area contributed by atoms with E-state index < -0.39 is 0 Å². The third-order valence-electron chi connectivity index (χ3n) is 3.88. The van der Waals surface area contributed by atoms with Crippen LogP contribution in [0.1, 0.15) is 30.3 Å². The number of para-hydroxylation sites is 1. The van der Waals surface area contributed by atoms with E-state index in [-0.39, 0.29) is 5.91 Å². The molecule has 22 heavy (non-hydrogen) atoms. The first-order valence-electron chi connectivity index (χ1n) is 7.66. The molecule has 0 radical (unpaired) electrons. The molecule has 5 heteroatoms. The van der Waals surface area contributed by atoms with E-state index in [9.17, 15) is 4.79 Å². The fourth-order valence-electron chi connectivity index (χ4n) is 2.72. The highest BCUT2D eigenvalue weighted by atomic mass is 16.1. The Morgan fingerprint density at radius 3 is 2.73 bits per heavy atom. The summed E-state index contributed by atoms with van der Waals surface area (Å²) in [5.74, 6) is 1.29. The van der Waals surface area contributed by atoms with Crippen LogP contribution in [0, 0.1) is 5.92 Å². The van der Waals surface area contributed by atoms with Crippen LogP contribution in [0.2, 0.25) is 0 Å². The minimum Gasteiger partial charge on any atom is -0.355 e. The zero-order chi connectivity index (χ0) is 15.4. The highest BCUT2D eigenvalue weighted by Crippen LogP contribution is 2.20. The maximum atomic E-state index is 12.1. The number of carbonyl (C=O) groups excluding carboxylic acids is 1. The molecule has 1 aromatic carbocycles. The van der Waals surface area contributed by atoms with Gasteiger partial charge in [-0.2, -0.15) is 0 Å². The molecule has 1 saturated heterocycles.